The quantitative estimate of drug-likeness (QED) is 0.779. The fourth-order valence-electron chi connectivity index (χ4n) is 2.22. The second-order valence-corrected chi connectivity index (χ2v) is 4.78. The summed E-state index contributed by atoms with van der Waals surface area (Å²) < 4.78 is 15.0. The molecular formula is C16H17FNOY+. The van der Waals surface area contributed by atoms with E-state index >= 15 is 0 Å². The van der Waals surface area contributed by atoms with Gasteiger partial charge in [-0.3, -0.25) is 4.79 Å². The number of Topliss-reactive ketones (excluding diaryl/α,β-unsaturated/α-hetero) is 1. The zero-order valence-corrected chi connectivity index (χ0v) is 14.6. The molecule has 20 heavy (non-hydrogen) atoms. The molecule has 0 unspecified atom stereocenters. The number of aryl methyl sites for hydroxylation is 2. The molecule has 2 rings (SSSR count). The third-order valence-corrected chi connectivity index (χ3v) is 3.17. The van der Waals surface area contributed by atoms with E-state index in [0.29, 0.717) is 13.0 Å². The Bertz CT molecular complexity index is 576. The monoisotopic (exact) mass is 347 g/mol. The Labute approximate surface area is 143 Å². The Morgan fingerprint density at radius 1 is 1.10 bits per heavy atom. The molecule has 0 aliphatic carbocycles. The Kier molecular flexibility index (Phi) is 6.64. The number of halogens is 1. The molecule has 0 spiro atoms. The van der Waals surface area contributed by atoms with Crippen LogP contribution in [0.15, 0.2) is 42.7 Å². The van der Waals surface area contributed by atoms with Gasteiger partial charge in [-0.25, -0.2) is 4.39 Å². The predicted molar refractivity (Wildman–Crippen MR) is 71.2 cm³/mol. The fourth-order valence-corrected chi connectivity index (χ4v) is 2.22. The molecule has 1 heterocycles. The molecule has 1 aromatic carbocycles. The van der Waals surface area contributed by atoms with Crippen molar-refractivity contribution >= 4 is 5.78 Å². The fraction of sp³-hybridized carbons (Fsp3) is 0.250. The first-order valence-electron chi connectivity index (χ1n) is 6.27. The van der Waals surface area contributed by atoms with E-state index in [0.717, 1.165) is 16.7 Å². The van der Waals surface area contributed by atoms with Gasteiger partial charge in [0.25, 0.3) is 0 Å². The number of carbonyl (C=O) groups is 1. The van der Waals surface area contributed by atoms with Crippen molar-refractivity contribution < 1.29 is 46.5 Å². The summed E-state index contributed by atoms with van der Waals surface area (Å²) in [5.41, 5.74) is 2.61. The molecule has 2 aromatic rings. The smallest absolute Gasteiger partial charge is 0.206 e. The second kappa shape index (κ2) is 7.75. The number of aromatic nitrogens is 1. The molecule has 0 saturated heterocycles. The number of ketones is 1. The number of nitrogens with zero attached hydrogens (tertiary/aromatic N) is 1. The SMILES string of the molecule is Cc1cc(F)cc(C)c1CC(=O)C[n+]1ccccc1.[Y]. The predicted octanol–water partition coefficient (Wildman–Crippen LogP) is 2.54. The van der Waals surface area contributed by atoms with Crippen LogP contribution in [0.2, 0.25) is 0 Å². The van der Waals surface area contributed by atoms with Gasteiger partial charge in [-0.05, 0) is 42.7 Å². The Hall–Kier alpha value is -0.926. The molecule has 4 heteroatoms. The van der Waals surface area contributed by atoms with Gasteiger partial charge >= 0.3 is 0 Å². The van der Waals surface area contributed by atoms with Gasteiger partial charge in [-0.15, -0.1) is 0 Å². The van der Waals surface area contributed by atoms with Gasteiger partial charge in [0.05, 0.1) is 0 Å². The molecule has 1 aromatic heterocycles. The van der Waals surface area contributed by atoms with Crippen molar-refractivity contribution in [2.45, 2.75) is 26.8 Å². The summed E-state index contributed by atoms with van der Waals surface area (Å²) in [6.45, 7) is 4.03. The first-order valence-corrected chi connectivity index (χ1v) is 6.27. The molecule has 0 atom stereocenters. The Morgan fingerprint density at radius 3 is 2.20 bits per heavy atom. The maximum Gasteiger partial charge on any atom is 0.206 e. The van der Waals surface area contributed by atoms with Gasteiger partial charge in [-0.2, -0.15) is 4.57 Å². The topological polar surface area (TPSA) is 20.9 Å². The second-order valence-electron chi connectivity index (χ2n) is 4.78. The van der Waals surface area contributed by atoms with Crippen molar-refractivity contribution in [3.8, 4) is 0 Å². The molecule has 101 valence electrons. The van der Waals surface area contributed by atoms with Crippen molar-refractivity contribution in [1.29, 1.82) is 0 Å². The maximum atomic E-state index is 13.2. The number of pyridine rings is 1. The molecule has 0 N–H and O–H groups in total. The first kappa shape index (κ1) is 17.1. The molecule has 0 bridgehead atoms. The Morgan fingerprint density at radius 2 is 1.65 bits per heavy atom. The van der Waals surface area contributed by atoms with Crippen LogP contribution in [0.4, 0.5) is 4.39 Å². The summed E-state index contributed by atoms with van der Waals surface area (Å²) in [6, 6.07) is 8.65. The third-order valence-electron chi connectivity index (χ3n) is 3.17. The number of carbonyl (C=O) groups excluding carboxylic acids is 1. The summed E-state index contributed by atoms with van der Waals surface area (Å²) in [6.07, 6.45) is 4.07. The standard InChI is InChI=1S/C16H17FNO.Y/c1-12-8-14(17)9-13(2)16(12)10-15(19)11-18-6-4-3-5-7-18;/h3-9H,10-11H2,1-2H3;/q+1;. The molecular weight excluding hydrogens is 330 g/mol. The molecule has 1 radical (unpaired) electrons. The van der Waals surface area contributed by atoms with Crippen LogP contribution >= 0.6 is 0 Å². The Balaban J connectivity index is 0.00000200. The van der Waals surface area contributed by atoms with Crippen molar-refractivity contribution in [1.82, 2.24) is 0 Å². The molecule has 0 aliphatic heterocycles. The summed E-state index contributed by atoms with van der Waals surface area (Å²) >= 11 is 0. The van der Waals surface area contributed by atoms with Gasteiger partial charge in [0, 0.05) is 51.3 Å². The van der Waals surface area contributed by atoms with Crippen LogP contribution in [0, 0.1) is 19.7 Å². The van der Waals surface area contributed by atoms with E-state index in [-0.39, 0.29) is 44.3 Å². The van der Waals surface area contributed by atoms with Gasteiger partial charge in [0.2, 0.25) is 12.3 Å². The van der Waals surface area contributed by atoms with E-state index in [9.17, 15) is 9.18 Å². The third kappa shape index (κ3) is 4.57. The minimum Gasteiger partial charge on any atom is -0.292 e. The van der Waals surface area contributed by atoms with Gasteiger partial charge in [-0.1, -0.05) is 6.07 Å². The molecule has 0 amide bonds. The van der Waals surface area contributed by atoms with Crippen molar-refractivity contribution in [3.63, 3.8) is 0 Å². The summed E-state index contributed by atoms with van der Waals surface area (Å²) in [5.74, 6) is -0.127. The van der Waals surface area contributed by atoms with Crippen LogP contribution in [0.1, 0.15) is 16.7 Å². The van der Waals surface area contributed by atoms with Crippen LogP contribution < -0.4 is 4.57 Å². The first-order chi connectivity index (χ1) is 9.06. The van der Waals surface area contributed by atoms with E-state index in [4.69, 9.17) is 0 Å². The van der Waals surface area contributed by atoms with Gasteiger partial charge < -0.3 is 0 Å². The van der Waals surface area contributed by atoms with Crippen LogP contribution in [0.3, 0.4) is 0 Å². The summed E-state index contributed by atoms with van der Waals surface area (Å²) in [5, 5.41) is 0. The van der Waals surface area contributed by atoms with Crippen LogP contribution in [0.25, 0.3) is 0 Å². The molecule has 0 aliphatic rings. The average molecular weight is 347 g/mol. The van der Waals surface area contributed by atoms with E-state index in [1.165, 1.54) is 12.1 Å². The van der Waals surface area contributed by atoms with Crippen LogP contribution in [-0.4, -0.2) is 5.78 Å². The van der Waals surface area contributed by atoms with Crippen LogP contribution in [0.5, 0.6) is 0 Å². The minimum absolute atomic E-state index is 0. The molecule has 2 nitrogen and oxygen atoms in total. The van der Waals surface area contributed by atoms with Crippen molar-refractivity contribution in [3.05, 3.63) is 65.2 Å². The molecule has 0 saturated carbocycles. The maximum absolute atomic E-state index is 13.2. The number of rotatable bonds is 4. The van der Waals surface area contributed by atoms with Crippen LogP contribution in [-0.2, 0) is 50.5 Å². The van der Waals surface area contributed by atoms with Gasteiger partial charge in [0.15, 0.2) is 12.4 Å². The number of benzene rings is 1. The number of hydrogen-bond acceptors (Lipinski definition) is 1. The van der Waals surface area contributed by atoms with E-state index in [1.807, 2.05) is 49.0 Å². The van der Waals surface area contributed by atoms with Crippen molar-refractivity contribution in [2.75, 3.05) is 0 Å². The number of hydrogen-bond donors (Lipinski definition) is 0. The summed E-state index contributed by atoms with van der Waals surface area (Å²) in [7, 11) is 0. The minimum atomic E-state index is -0.247. The average Bonchev–Trinajstić information content (AvgIpc) is 2.35. The molecule has 0 fully saturated rings. The van der Waals surface area contributed by atoms with Gasteiger partial charge in [0.1, 0.15) is 5.82 Å². The van der Waals surface area contributed by atoms with E-state index in [2.05, 4.69) is 0 Å². The zero-order chi connectivity index (χ0) is 13.8. The van der Waals surface area contributed by atoms with E-state index in [1.54, 1.807) is 0 Å². The van der Waals surface area contributed by atoms with Crippen molar-refractivity contribution in [2.24, 2.45) is 0 Å². The summed E-state index contributed by atoms with van der Waals surface area (Å²) in [4.78, 5) is 12.1. The zero-order valence-electron chi connectivity index (χ0n) is 11.8. The largest absolute Gasteiger partial charge is 0.292 e. The van der Waals surface area contributed by atoms with E-state index < -0.39 is 0 Å². The normalized spacial score (nSPS) is 9.95.